The van der Waals surface area contributed by atoms with Crippen molar-refractivity contribution in [2.75, 3.05) is 13.1 Å². The van der Waals surface area contributed by atoms with E-state index >= 15 is 0 Å². The molecule has 3 saturated heterocycles. The largest absolute Gasteiger partial charge is 0.389 e. The lowest BCUT2D eigenvalue weighted by Crippen LogP contribution is -2.44. The van der Waals surface area contributed by atoms with Crippen LogP contribution < -0.4 is 0 Å². The van der Waals surface area contributed by atoms with E-state index in [9.17, 15) is 18.0 Å². The van der Waals surface area contributed by atoms with Crippen molar-refractivity contribution in [3.8, 4) is 0 Å². The lowest BCUT2D eigenvalue weighted by atomic mass is 10.1. The van der Waals surface area contributed by atoms with E-state index in [4.69, 9.17) is 0 Å². The molecule has 15 heavy (non-hydrogen) atoms. The number of carbonyl (C=O) groups excluding carboxylic acids is 1. The van der Waals surface area contributed by atoms with Crippen molar-refractivity contribution in [3.63, 3.8) is 0 Å². The van der Waals surface area contributed by atoms with E-state index in [1.54, 1.807) is 4.90 Å². The average Bonchev–Trinajstić information content (AvgIpc) is 2.49. The molecule has 0 saturated carbocycles. The molecule has 0 aromatic heterocycles. The third kappa shape index (κ3) is 1.95. The molecule has 3 heterocycles. The Morgan fingerprint density at radius 3 is 2.40 bits per heavy atom. The Bertz CT molecular complexity index is 273. The van der Waals surface area contributed by atoms with Gasteiger partial charge in [-0.2, -0.15) is 13.2 Å². The summed E-state index contributed by atoms with van der Waals surface area (Å²) >= 11 is 0. The predicted molar refractivity (Wildman–Crippen MR) is 47.0 cm³/mol. The minimum Gasteiger partial charge on any atom is -0.322 e. The van der Waals surface area contributed by atoms with E-state index in [0.717, 1.165) is 13.1 Å². The highest BCUT2D eigenvalue weighted by atomic mass is 19.4. The van der Waals surface area contributed by atoms with Crippen molar-refractivity contribution in [1.82, 2.24) is 9.80 Å². The van der Waals surface area contributed by atoms with Gasteiger partial charge in [-0.05, 0) is 6.92 Å². The fraction of sp³-hybridized carbons (Fsp3) is 0.889. The smallest absolute Gasteiger partial charge is 0.322 e. The van der Waals surface area contributed by atoms with Gasteiger partial charge < -0.3 is 4.90 Å². The summed E-state index contributed by atoms with van der Waals surface area (Å²) in [5.41, 5.74) is 0. The molecule has 0 spiro atoms. The number of rotatable bonds is 2. The second-order valence-electron chi connectivity index (χ2n) is 4.16. The number of fused-ring (bicyclic) bond motifs is 1. The molecular formula is C9H13F3N2O. The van der Waals surface area contributed by atoms with Gasteiger partial charge in [0.15, 0.2) is 0 Å². The summed E-state index contributed by atoms with van der Waals surface area (Å²) in [5.74, 6) is -0.371. The first-order valence-corrected chi connectivity index (χ1v) is 5.00. The lowest BCUT2D eigenvalue weighted by Gasteiger charge is -2.26. The minimum atomic E-state index is -4.23. The number of hydrogen-bond acceptors (Lipinski definition) is 2. The van der Waals surface area contributed by atoms with E-state index in [0.29, 0.717) is 0 Å². The lowest BCUT2D eigenvalue weighted by molar-refractivity contribution is -0.150. The summed E-state index contributed by atoms with van der Waals surface area (Å²) in [7, 11) is 0. The van der Waals surface area contributed by atoms with Gasteiger partial charge in [0.25, 0.3) is 0 Å². The van der Waals surface area contributed by atoms with Crippen molar-refractivity contribution in [3.05, 3.63) is 0 Å². The molecule has 0 aromatic carbocycles. The molecule has 0 aromatic rings. The Hall–Kier alpha value is -0.780. The molecule has 3 rings (SSSR count). The Morgan fingerprint density at radius 2 is 2.00 bits per heavy atom. The van der Waals surface area contributed by atoms with Crippen LogP contribution in [-0.4, -0.2) is 47.2 Å². The average molecular weight is 222 g/mol. The maximum Gasteiger partial charge on any atom is 0.389 e. The zero-order valence-electron chi connectivity index (χ0n) is 8.42. The maximum absolute atomic E-state index is 11.9. The first kappa shape index (κ1) is 10.7. The zero-order valence-corrected chi connectivity index (χ0v) is 8.42. The van der Waals surface area contributed by atoms with E-state index < -0.39 is 19.0 Å². The van der Waals surface area contributed by atoms with Crippen LogP contribution in [0.25, 0.3) is 0 Å². The normalized spacial score (nSPS) is 34.1. The van der Waals surface area contributed by atoms with Gasteiger partial charge in [-0.3, -0.25) is 9.69 Å². The van der Waals surface area contributed by atoms with Crippen LogP contribution in [0.2, 0.25) is 0 Å². The third-order valence-corrected chi connectivity index (χ3v) is 3.13. The topological polar surface area (TPSA) is 23.6 Å². The predicted octanol–water partition coefficient (Wildman–Crippen LogP) is 1.20. The zero-order chi connectivity index (χ0) is 11.2. The Balaban J connectivity index is 1.87. The second-order valence-corrected chi connectivity index (χ2v) is 4.16. The van der Waals surface area contributed by atoms with Crippen LogP contribution in [0.5, 0.6) is 0 Å². The van der Waals surface area contributed by atoms with Gasteiger partial charge in [0.05, 0.1) is 18.6 Å². The monoisotopic (exact) mass is 222 g/mol. The molecule has 1 unspecified atom stereocenters. The molecule has 3 aliphatic rings. The highest BCUT2D eigenvalue weighted by Gasteiger charge is 2.48. The Kier molecular flexibility index (Phi) is 2.41. The second kappa shape index (κ2) is 3.37. The number of alkyl halides is 3. The molecule has 3 aliphatic heterocycles. The summed E-state index contributed by atoms with van der Waals surface area (Å²) in [5, 5.41) is 0. The number of carbonyl (C=O) groups is 1. The summed E-state index contributed by atoms with van der Waals surface area (Å²) in [6.45, 7) is 3.50. The molecule has 2 bridgehead atoms. The standard InChI is InChI=1S/C9H13F3N2O/c1-6-13-4-7(5-13)14(6)8(15)2-3-9(10,11)12/h6-7H,2-5H2,1H3. The summed E-state index contributed by atoms with van der Waals surface area (Å²) in [6, 6.07) is 0.153. The number of halogens is 3. The van der Waals surface area contributed by atoms with Crippen LogP contribution in [0.3, 0.4) is 0 Å². The molecule has 1 amide bonds. The molecule has 0 N–H and O–H groups in total. The van der Waals surface area contributed by atoms with Gasteiger partial charge in [0.1, 0.15) is 0 Å². The van der Waals surface area contributed by atoms with Crippen molar-refractivity contribution in [1.29, 1.82) is 0 Å². The molecule has 3 nitrogen and oxygen atoms in total. The van der Waals surface area contributed by atoms with E-state index in [2.05, 4.69) is 4.90 Å². The van der Waals surface area contributed by atoms with Crippen LogP contribution in [0.1, 0.15) is 19.8 Å². The first-order valence-electron chi connectivity index (χ1n) is 5.00. The van der Waals surface area contributed by atoms with Gasteiger partial charge in [0.2, 0.25) is 5.91 Å². The maximum atomic E-state index is 11.9. The van der Waals surface area contributed by atoms with Gasteiger partial charge in [-0.1, -0.05) is 0 Å². The molecule has 86 valence electrons. The minimum absolute atomic E-state index is 0.0178. The van der Waals surface area contributed by atoms with Gasteiger partial charge in [-0.25, -0.2) is 0 Å². The third-order valence-electron chi connectivity index (χ3n) is 3.13. The fourth-order valence-electron chi connectivity index (χ4n) is 2.24. The van der Waals surface area contributed by atoms with Gasteiger partial charge >= 0.3 is 6.18 Å². The van der Waals surface area contributed by atoms with Crippen molar-refractivity contribution in [2.45, 2.75) is 38.1 Å². The van der Waals surface area contributed by atoms with Crippen molar-refractivity contribution >= 4 is 5.91 Å². The van der Waals surface area contributed by atoms with Crippen molar-refractivity contribution in [2.24, 2.45) is 0 Å². The number of amides is 1. The number of hydrogen-bond donors (Lipinski definition) is 0. The van der Waals surface area contributed by atoms with Crippen LogP contribution in [0.4, 0.5) is 13.2 Å². The van der Waals surface area contributed by atoms with E-state index in [1.165, 1.54) is 0 Å². The summed E-state index contributed by atoms with van der Waals surface area (Å²) in [4.78, 5) is 15.2. The molecular weight excluding hydrogens is 209 g/mol. The quantitative estimate of drug-likeness (QED) is 0.701. The van der Waals surface area contributed by atoms with Crippen LogP contribution >= 0.6 is 0 Å². The molecule has 3 fully saturated rings. The van der Waals surface area contributed by atoms with Crippen LogP contribution in [-0.2, 0) is 4.79 Å². The summed E-state index contributed by atoms with van der Waals surface area (Å²) in [6.07, 6.45) is -5.68. The Morgan fingerprint density at radius 1 is 1.40 bits per heavy atom. The molecule has 1 atom stereocenters. The van der Waals surface area contributed by atoms with Crippen LogP contribution in [0, 0.1) is 0 Å². The Labute approximate surface area is 85.8 Å². The molecule has 0 aliphatic carbocycles. The molecule has 0 radical (unpaired) electrons. The van der Waals surface area contributed by atoms with Gasteiger partial charge in [0, 0.05) is 19.5 Å². The van der Waals surface area contributed by atoms with Crippen molar-refractivity contribution < 1.29 is 18.0 Å². The summed E-state index contributed by atoms with van der Waals surface area (Å²) < 4.78 is 35.8. The fourth-order valence-corrected chi connectivity index (χ4v) is 2.24. The highest BCUT2D eigenvalue weighted by Crippen LogP contribution is 2.32. The van der Waals surface area contributed by atoms with Crippen LogP contribution in [0.15, 0.2) is 0 Å². The van der Waals surface area contributed by atoms with Gasteiger partial charge in [-0.15, -0.1) is 0 Å². The first-order chi connectivity index (χ1) is 6.88. The highest BCUT2D eigenvalue weighted by molar-refractivity contribution is 5.77. The SMILES string of the molecule is CC1N2CC(C2)N1C(=O)CCC(F)(F)F. The number of nitrogens with zero attached hydrogens (tertiary/aromatic N) is 2. The van der Waals surface area contributed by atoms with E-state index in [-0.39, 0.29) is 18.1 Å². The van der Waals surface area contributed by atoms with E-state index in [1.807, 2.05) is 6.92 Å². The molecule has 6 heteroatoms.